The minimum absolute atomic E-state index is 0.328. The lowest BCUT2D eigenvalue weighted by molar-refractivity contribution is -0.132. The smallest absolute Gasteiger partial charge is 0.330 e. The van der Waals surface area contributed by atoms with Crippen molar-refractivity contribution in [3.63, 3.8) is 0 Å². The van der Waals surface area contributed by atoms with Crippen LogP contribution < -0.4 is 5.32 Å². The van der Waals surface area contributed by atoms with Crippen molar-refractivity contribution in [2.24, 2.45) is 0 Å². The molecule has 14 heavy (non-hydrogen) atoms. The van der Waals surface area contributed by atoms with E-state index in [9.17, 15) is 9.00 Å². The van der Waals surface area contributed by atoms with Crippen LogP contribution in [-0.4, -0.2) is 39.9 Å². The number of nitrogens with one attached hydrogen (secondary N) is 1. The summed E-state index contributed by atoms with van der Waals surface area (Å²) < 4.78 is 11.0. The molecule has 0 bridgehead atoms. The van der Waals surface area contributed by atoms with E-state index in [0.717, 1.165) is 0 Å². The van der Waals surface area contributed by atoms with Crippen molar-refractivity contribution in [2.45, 2.75) is 13.8 Å². The van der Waals surface area contributed by atoms with Crippen molar-refractivity contribution in [3.05, 3.63) is 11.6 Å². The maximum Gasteiger partial charge on any atom is 0.330 e. The molecule has 0 aliphatic heterocycles. The van der Waals surface area contributed by atoms with E-state index in [1.165, 1.54) is 0 Å². The molecule has 0 aliphatic carbocycles. The number of hydrogen-bond acceptors (Lipinski definition) is 3. The highest BCUT2D eigenvalue weighted by Crippen LogP contribution is 1.89. The molecule has 0 spiro atoms. The van der Waals surface area contributed by atoms with Crippen molar-refractivity contribution in [3.8, 4) is 0 Å². The second-order valence-corrected chi connectivity index (χ2v) is 4.69. The summed E-state index contributed by atoms with van der Waals surface area (Å²) in [4.78, 5) is 10.4. The largest absolute Gasteiger partial charge is 0.478 e. The Kier molecular flexibility index (Phi) is 7.32. The monoisotopic (exact) mass is 219 g/mol. The number of rotatable bonds is 7. The Morgan fingerprint density at radius 2 is 2.21 bits per heavy atom. The Morgan fingerprint density at radius 3 is 2.71 bits per heavy atom. The zero-order valence-corrected chi connectivity index (χ0v) is 9.39. The summed E-state index contributed by atoms with van der Waals surface area (Å²) in [5.41, 5.74) is 0.328. The lowest BCUT2D eigenvalue weighted by Crippen LogP contribution is -2.21. The summed E-state index contributed by atoms with van der Waals surface area (Å²) in [5.74, 6) is 0.395. The number of hydrogen-bond donors (Lipinski definition) is 2. The van der Waals surface area contributed by atoms with Gasteiger partial charge in [-0.15, -0.1) is 0 Å². The minimum atomic E-state index is -0.899. The Labute approximate surface area is 86.8 Å². The van der Waals surface area contributed by atoms with Gasteiger partial charge in [0.2, 0.25) is 0 Å². The zero-order valence-electron chi connectivity index (χ0n) is 8.58. The van der Waals surface area contributed by atoms with Gasteiger partial charge in [0, 0.05) is 41.0 Å². The molecule has 0 radical (unpaired) electrons. The van der Waals surface area contributed by atoms with Gasteiger partial charge in [-0.25, -0.2) is 4.79 Å². The molecule has 82 valence electrons. The van der Waals surface area contributed by atoms with Gasteiger partial charge in [0.1, 0.15) is 0 Å². The van der Waals surface area contributed by atoms with Crippen molar-refractivity contribution in [1.29, 1.82) is 0 Å². The van der Waals surface area contributed by atoms with Crippen LogP contribution in [0.5, 0.6) is 0 Å². The van der Waals surface area contributed by atoms with Crippen molar-refractivity contribution in [1.82, 2.24) is 5.32 Å². The molecule has 0 aromatic carbocycles. The Morgan fingerprint density at radius 1 is 1.57 bits per heavy atom. The Bertz CT molecular complexity index is 238. The predicted molar refractivity (Wildman–Crippen MR) is 57.8 cm³/mol. The Balaban J connectivity index is 3.51. The van der Waals surface area contributed by atoms with Gasteiger partial charge >= 0.3 is 5.97 Å². The van der Waals surface area contributed by atoms with Gasteiger partial charge in [0.25, 0.3) is 0 Å². The van der Waals surface area contributed by atoms with Crippen molar-refractivity contribution in [2.75, 3.05) is 24.6 Å². The molecule has 0 fully saturated rings. The first-order valence-electron chi connectivity index (χ1n) is 4.53. The quantitative estimate of drug-likeness (QED) is 0.480. The summed E-state index contributed by atoms with van der Waals surface area (Å²) in [5, 5.41) is 11.5. The van der Waals surface area contributed by atoms with E-state index in [0.29, 0.717) is 30.2 Å². The average molecular weight is 219 g/mol. The number of carboxylic acids is 1. The molecule has 0 aliphatic rings. The standard InChI is InChI=1S/C9H17NO3S/c1-3-14(13)7-6-10-5-4-8(2)9(11)12/h4,10H,3,5-7H2,1-2H3,(H,11,12)/b8-4-. The molecule has 0 saturated heterocycles. The van der Waals surface area contributed by atoms with E-state index in [-0.39, 0.29) is 0 Å². The third kappa shape index (κ3) is 6.80. The Hall–Kier alpha value is -0.680. The van der Waals surface area contributed by atoms with Crippen LogP contribution in [-0.2, 0) is 15.6 Å². The summed E-state index contributed by atoms with van der Waals surface area (Å²) in [6.45, 7) is 4.60. The number of carboxylic acid groups (broad SMARTS) is 1. The van der Waals surface area contributed by atoms with E-state index in [1.807, 2.05) is 6.92 Å². The zero-order chi connectivity index (χ0) is 11.0. The third-order valence-electron chi connectivity index (χ3n) is 1.72. The first kappa shape index (κ1) is 13.3. The van der Waals surface area contributed by atoms with Crippen LogP contribution in [0.25, 0.3) is 0 Å². The lowest BCUT2D eigenvalue weighted by atomic mass is 10.3. The van der Waals surface area contributed by atoms with Crippen molar-refractivity contribution < 1.29 is 14.1 Å². The topological polar surface area (TPSA) is 66.4 Å². The van der Waals surface area contributed by atoms with Crippen LogP contribution in [0.4, 0.5) is 0 Å². The number of aliphatic carboxylic acids is 1. The molecule has 2 N–H and O–H groups in total. The predicted octanol–water partition coefficient (Wildman–Crippen LogP) is 0.375. The SMILES string of the molecule is CCS(=O)CCNC/C=C(/C)C(=O)O. The summed E-state index contributed by atoms with van der Waals surface area (Å²) >= 11 is 0. The van der Waals surface area contributed by atoms with Gasteiger partial charge in [-0.3, -0.25) is 4.21 Å². The normalized spacial score (nSPS) is 14.0. The second-order valence-electron chi connectivity index (χ2n) is 2.83. The molecule has 0 rings (SSSR count). The summed E-state index contributed by atoms with van der Waals surface area (Å²) in [6.07, 6.45) is 1.61. The van der Waals surface area contributed by atoms with Crippen LogP contribution in [0.2, 0.25) is 0 Å². The summed E-state index contributed by atoms with van der Waals surface area (Å²) in [7, 11) is -0.749. The molecule has 0 saturated carbocycles. The maximum atomic E-state index is 11.0. The lowest BCUT2D eigenvalue weighted by Gasteiger charge is -2.00. The van der Waals surface area contributed by atoms with Gasteiger partial charge in [-0.1, -0.05) is 13.0 Å². The molecular weight excluding hydrogens is 202 g/mol. The molecule has 5 heteroatoms. The van der Waals surface area contributed by atoms with E-state index in [2.05, 4.69) is 5.32 Å². The van der Waals surface area contributed by atoms with E-state index in [1.54, 1.807) is 13.0 Å². The fraction of sp³-hybridized carbons (Fsp3) is 0.667. The van der Waals surface area contributed by atoms with Gasteiger partial charge in [0.15, 0.2) is 0 Å². The van der Waals surface area contributed by atoms with Crippen LogP contribution in [0.1, 0.15) is 13.8 Å². The molecule has 0 heterocycles. The molecule has 1 unspecified atom stereocenters. The van der Waals surface area contributed by atoms with Crippen LogP contribution >= 0.6 is 0 Å². The molecule has 0 amide bonds. The van der Waals surface area contributed by atoms with Crippen molar-refractivity contribution >= 4 is 16.8 Å². The molecular formula is C9H17NO3S. The third-order valence-corrected chi connectivity index (χ3v) is 3.02. The van der Waals surface area contributed by atoms with Crippen LogP contribution in [0.3, 0.4) is 0 Å². The van der Waals surface area contributed by atoms with Crippen LogP contribution in [0.15, 0.2) is 11.6 Å². The van der Waals surface area contributed by atoms with E-state index in [4.69, 9.17) is 5.11 Å². The first-order valence-corrected chi connectivity index (χ1v) is 6.02. The average Bonchev–Trinajstić information content (AvgIpc) is 2.16. The van der Waals surface area contributed by atoms with Crippen LogP contribution in [0, 0.1) is 0 Å². The van der Waals surface area contributed by atoms with Gasteiger partial charge in [-0.2, -0.15) is 0 Å². The highest BCUT2D eigenvalue weighted by atomic mass is 32.2. The summed E-state index contributed by atoms with van der Waals surface area (Å²) in [6, 6.07) is 0. The number of carbonyl (C=O) groups is 1. The van der Waals surface area contributed by atoms with E-state index >= 15 is 0 Å². The van der Waals surface area contributed by atoms with Gasteiger partial charge in [0.05, 0.1) is 0 Å². The first-order chi connectivity index (χ1) is 6.57. The molecule has 4 nitrogen and oxygen atoms in total. The fourth-order valence-electron chi connectivity index (χ4n) is 0.745. The van der Waals surface area contributed by atoms with Gasteiger partial charge in [-0.05, 0) is 6.92 Å². The highest BCUT2D eigenvalue weighted by Gasteiger charge is 1.98. The fourth-order valence-corrected chi connectivity index (χ4v) is 1.41. The second kappa shape index (κ2) is 7.70. The highest BCUT2D eigenvalue weighted by molar-refractivity contribution is 7.84. The van der Waals surface area contributed by atoms with E-state index < -0.39 is 16.8 Å². The van der Waals surface area contributed by atoms with Gasteiger partial charge < -0.3 is 10.4 Å². The minimum Gasteiger partial charge on any atom is -0.478 e. The molecule has 0 aromatic rings. The molecule has 0 aromatic heterocycles. The maximum absolute atomic E-state index is 11.0. The molecule has 1 atom stereocenters.